The Labute approximate surface area is 204 Å². The van der Waals surface area contributed by atoms with Crippen molar-refractivity contribution in [3.8, 4) is 17.2 Å². The summed E-state index contributed by atoms with van der Waals surface area (Å²) in [5.74, 6) is -0.447. The summed E-state index contributed by atoms with van der Waals surface area (Å²) in [6, 6.07) is 23.2. The number of nitrogen functional groups attached to an aromatic ring is 1. The Hall–Kier alpha value is -4.64. The van der Waals surface area contributed by atoms with E-state index in [0.29, 0.717) is 11.1 Å². The number of nitrogens with two attached hydrogens (primary N) is 1. The standard InChI is InChI=1S/C27H27N5O3/c1-2-35-27(34)32-24(15-19-6-5-8-21(14-19)25(29)30)26(33)31-17-18-10-12-20(13-11-18)23-9-4-3-7-22(23)16-28/h3-14,24H,2,15,17H2,1H3,(H3,29,30)(H,31,33)(H,32,34)/t24-/m0/s1. The van der Waals surface area contributed by atoms with E-state index < -0.39 is 12.1 Å². The predicted molar refractivity (Wildman–Crippen MR) is 134 cm³/mol. The molecule has 8 nitrogen and oxygen atoms in total. The van der Waals surface area contributed by atoms with Gasteiger partial charge in [0.1, 0.15) is 11.9 Å². The van der Waals surface area contributed by atoms with Gasteiger partial charge < -0.3 is 21.1 Å². The van der Waals surface area contributed by atoms with Crippen molar-refractivity contribution < 1.29 is 14.3 Å². The van der Waals surface area contributed by atoms with E-state index in [-0.39, 0.29) is 31.3 Å². The second-order valence-electron chi connectivity index (χ2n) is 7.81. The maximum absolute atomic E-state index is 13.0. The van der Waals surface area contributed by atoms with Crippen molar-refractivity contribution in [1.29, 1.82) is 10.7 Å². The third-order valence-corrected chi connectivity index (χ3v) is 5.34. The second kappa shape index (κ2) is 12.0. The van der Waals surface area contributed by atoms with Gasteiger partial charge in [0.2, 0.25) is 5.91 Å². The minimum Gasteiger partial charge on any atom is -0.450 e. The predicted octanol–water partition coefficient (Wildman–Crippen LogP) is 3.48. The Bertz CT molecular complexity index is 1250. The third-order valence-electron chi connectivity index (χ3n) is 5.34. The van der Waals surface area contributed by atoms with Crippen molar-refractivity contribution in [3.63, 3.8) is 0 Å². The number of benzene rings is 3. The fourth-order valence-corrected chi connectivity index (χ4v) is 3.57. The van der Waals surface area contributed by atoms with Crippen LogP contribution >= 0.6 is 0 Å². The lowest BCUT2D eigenvalue weighted by Gasteiger charge is -2.19. The normalized spacial score (nSPS) is 11.1. The first-order chi connectivity index (χ1) is 16.9. The molecule has 0 aliphatic rings. The first-order valence-electron chi connectivity index (χ1n) is 11.1. The number of ether oxygens (including phenoxy) is 1. The van der Waals surface area contributed by atoms with Gasteiger partial charge in [0, 0.05) is 18.5 Å². The summed E-state index contributed by atoms with van der Waals surface area (Å²) in [5, 5.41) is 22.4. The number of carbonyl (C=O) groups excluding carboxylic acids is 2. The van der Waals surface area contributed by atoms with Crippen LogP contribution < -0.4 is 16.4 Å². The lowest BCUT2D eigenvalue weighted by Crippen LogP contribution is -2.48. The molecular formula is C27H27N5O3. The van der Waals surface area contributed by atoms with Gasteiger partial charge in [-0.05, 0) is 41.3 Å². The van der Waals surface area contributed by atoms with E-state index in [1.807, 2.05) is 42.5 Å². The van der Waals surface area contributed by atoms with E-state index >= 15 is 0 Å². The van der Waals surface area contributed by atoms with Crippen LogP contribution in [-0.2, 0) is 22.5 Å². The molecule has 178 valence electrons. The molecule has 2 amide bonds. The van der Waals surface area contributed by atoms with Crippen LogP contribution in [0.4, 0.5) is 4.79 Å². The molecule has 0 heterocycles. The number of nitriles is 1. The number of rotatable bonds is 9. The fraction of sp³-hybridized carbons (Fsp3) is 0.185. The van der Waals surface area contributed by atoms with Crippen LogP contribution in [0.3, 0.4) is 0 Å². The van der Waals surface area contributed by atoms with Gasteiger partial charge in [-0.2, -0.15) is 5.26 Å². The molecule has 3 rings (SSSR count). The molecule has 0 aliphatic heterocycles. The Balaban J connectivity index is 1.70. The minimum atomic E-state index is -0.877. The zero-order valence-electron chi connectivity index (χ0n) is 19.4. The summed E-state index contributed by atoms with van der Waals surface area (Å²) < 4.78 is 4.95. The van der Waals surface area contributed by atoms with Gasteiger partial charge in [-0.1, -0.05) is 60.7 Å². The number of carbonyl (C=O) groups is 2. The Kier molecular flexibility index (Phi) is 8.57. The van der Waals surface area contributed by atoms with E-state index in [4.69, 9.17) is 15.9 Å². The Morgan fingerprint density at radius 1 is 1.06 bits per heavy atom. The van der Waals surface area contributed by atoms with Crippen LogP contribution in [0.15, 0.2) is 72.8 Å². The van der Waals surface area contributed by atoms with Crippen LogP contribution in [0.2, 0.25) is 0 Å². The Morgan fingerprint density at radius 3 is 2.49 bits per heavy atom. The largest absolute Gasteiger partial charge is 0.450 e. The van der Waals surface area contributed by atoms with Crippen LogP contribution in [0.25, 0.3) is 11.1 Å². The lowest BCUT2D eigenvalue weighted by molar-refractivity contribution is -0.123. The van der Waals surface area contributed by atoms with Crippen LogP contribution in [-0.4, -0.2) is 30.5 Å². The zero-order valence-corrected chi connectivity index (χ0v) is 19.4. The molecule has 1 atom stereocenters. The topological polar surface area (TPSA) is 141 Å². The maximum atomic E-state index is 13.0. The van der Waals surface area contributed by atoms with E-state index in [1.54, 1.807) is 37.3 Å². The van der Waals surface area contributed by atoms with Gasteiger partial charge >= 0.3 is 6.09 Å². The molecule has 5 N–H and O–H groups in total. The summed E-state index contributed by atoms with van der Waals surface area (Å²) in [7, 11) is 0. The molecule has 0 aromatic heterocycles. The number of hydrogen-bond acceptors (Lipinski definition) is 5. The molecule has 35 heavy (non-hydrogen) atoms. The molecule has 0 bridgehead atoms. The smallest absolute Gasteiger partial charge is 0.407 e. The SMILES string of the molecule is CCOC(=O)N[C@@H](Cc1cccc(C(=N)N)c1)C(=O)NCc1ccc(-c2ccccc2C#N)cc1. The number of amides is 2. The summed E-state index contributed by atoms with van der Waals surface area (Å²) in [6.07, 6.45) is -0.480. The van der Waals surface area contributed by atoms with Crippen molar-refractivity contribution in [2.75, 3.05) is 6.61 Å². The number of nitrogens with one attached hydrogen (secondary N) is 3. The highest BCUT2D eigenvalue weighted by Crippen LogP contribution is 2.23. The fourth-order valence-electron chi connectivity index (χ4n) is 3.57. The minimum absolute atomic E-state index is 0.0768. The molecule has 3 aromatic carbocycles. The van der Waals surface area contributed by atoms with Gasteiger partial charge in [-0.3, -0.25) is 10.2 Å². The zero-order chi connectivity index (χ0) is 25.2. The lowest BCUT2D eigenvalue weighted by atomic mass is 9.99. The van der Waals surface area contributed by atoms with Gasteiger partial charge in [0.25, 0.3) is 0 Å². The molecular weight excluding hydrogens is 442 g/mol. The Morgan fingerprint density at radius 2 is 1.80 bits per heavy atom. The molecule has 0 aliphatic carbocycles. The monoisotopic (exact) mass is 469 g/mol. The summed E-state index contributed by atoms with van der Waals surface area (Å²) >= 11 is 0. The molecule has 0 saturated heterocycles. The number of hydrogen-bond donors (Lipinski definition) is 4. The van der Waals surface area contributed by atoms with E-state index in [1.165, 1.54) is 0 Å². The highest BCUT2D eigenvalue weighted by Gasteiger charge is 2.22. The van der Waals surface area contributed by atoms with Crippen molar-refractivity contribution >= 4 is 17.8 Å². The molecule has 0 saturated carbocycles. The number of amidine groups is 1. The number of alkyl carbamates (subject to hydrolysis) is 1. The first-order valence-corrected chi connectivity index (χ1v) is 11.1. The molecule has 0 spiro atoms. The quantitative estimate of drug-likeness (QED) is 0.280. The van der Waals surface area contributed by atoms with Crippen LogP contribution in [0.5, 0.6) is 0 Å². The van der Waals surface area contributed by atoms with Gasteiger partial charge in [0.15, 0.2) is 0 Å². The summed E-state index contributed by atoms with van der Waals surface area (Å²) in [6.45, 7) is 2.12. The molecule has 0 unspecified atom stereocenters. The summed E-state index contributed by atoms with van der Waals surface area (Å²) in [4.78, 5) is 25.0. The maximum Gasteiger partial charge on any atom is 0.407 e. The van der Waals surface area contributed by atoms with Gasteiger partial charge in [-0.25, -0.2) is 4.79 Å². The van der Waals surface area contributed by atoms with E-state index in [9.17, 15) is 14.9 Å². The van der Waals surface area contributed by atoms with E-state index in [2.05, 4.69) is 16.7 Å². The van der Waals surface area contributed by atoms with Gasteiger partial charge in [-0.15, -0.1) is 0 Å². The molecule has 0 fully saturated rings. The van der Waals surface area contributed by atoms with Crippen LogP contribution in [0, 0.1) is 16.7 Å². The van der Waals surface area contributed by atoms with Crippen molar-refractivity contribution in [2.24, 2.45) is 5.73 Å². The van der Waals surface area contributed by atoms with E-state index in [0.717, 1.165) is 22.3 Å². The molecule has 8 heteroatoms. The third kappa shape index (κ3) is 6.92. The van der Waals surface area contributed by atoms with Crippen molar-refractivity contribution in [2.45, 2.75) is 25.9 Å². The summed E-state index contributed by atoms with van der Waals surface area (Å²) in [5.41, 5.74) is 10.1. The average Bonchev–Trinajstić information content (AvgIpc) is 2.87. The molecule has 3 aromatic rings. The first kappa shape index (κ1) is 25.0. The van der Waals surface area contributed by atoms with Gasteiger partial charge in [0.05, 0.1) is 18.2 Å². The van der Waals surface area contributed by atoms with Crippen molar-refractivity contribution in [3.05, 3.63) is 95.1 Å². The van der Waals surface area contributed by atoms with Crippen molar-refractivity contribution in [1.82, 2.24) is 10.6 Å². The highest BCUT2D eigenvalue weighted by atomic mass is 16.5. The number of nitrogens with zero attached hydrogens (tertiary/aromatic N) is 1. The average molecular weight is 470 g/mol. The molecule has 0 radical (unpaired) electrons. The highest BCUT2D eigenvalue weighted by molar-refractivity contribution is 5.95. The second-order valence-corrected chi connectivity index (χ2v) is 7.81. The van der Waals surface area contributed by atoms with Crippen LogP contribution in [0.1, 0.15) is 29.2 Å².